The summed E-state index contributed by atoms with van der Waals surface area (Å²) in [4.78, 5) is 24.3. The summed E-state index contributed by atoms with van der Waals surface area (Å²) in [6.07, 6.45) is -5.42. The van der Waals surface area contributed by atoms with Gasteiger partial charge < -0.3 is 24.4 Å². The Morgan fingerprint density at radius 3 is 1.88 bits per heavy atom. The summed E-state index contributed by atoms with van der Waals surface area (Å²) in [7, 11) is 0. The van der Waals surface area contributed by atoms with Crippen molar-refractivity contribution in [3.8, 4) is 0 Å². The topological polar surface area (TPSA) is 102 Å². The van der Waals surface area contributed by atoms with Crippen LogP contribution in [0.5, 0.6) is 0 Å². The highest BCUT2D eigenvalue weighted by Crippen LogP contribution is 2.22. The van der Waals surface area contributed by atoms with Crippen molar-refractivity contribution in [2.75, 3.05) is 6.61 Å². The molecular weight excluding hydrogens is 340 g/mol. The number of hydrogen-bond donors (Lipinski definition) is 2. The highest BCUT2D eigenvalue weighted by molar-refractivity contribution is 5.90. The third-order valence-corrected chi connectivity index (χ3v) is 3.95. The lowest BCUT2D eigenvalue weighted by Gasteiger charge is -2.36. The minimum absolute atomic E-state index is 0.222. The Morgan fingerprint density at radius 1 is 0.846 bits per heavy atom. The molecule has 0 saturated carbocycles. The van der Waals surface area contributed by atoms with E-state index in [1.807, 2.05) is 0 Å². The van der Waals surface area contributed by atoms with Crippen molar-refractivity contribution in [3.63, 3.8) is 0 Å². The van der Waals surface area contributed by atoms with Crippen LogP contribution in [0.3, 0.4) is 0 Å². The summed E-state index contributed by atoms with van der Waals surface area (Å²) >= 11 is 0. The van der Waals surface area contributed by atoms with Crippen molar-refractivity contribution in [2.24, 2.45) is 0 Å². The van der Waals surface area contributed by atoms with E-state index >= 15 is 0 Å². The molecule has 4 atom stereocenters. The predicted molar refractivity (Wildman–Crippen MR) is 89.3 cm³/mol. The average Bonchev–Trinajstić information content (AvgIpc) is 2.68. The van der Waals surface area contributed by atoms with E-state index in [4.69, 9.17) is 14.2 Å². The van der Waals surface area contributed by atoms with Gasteiger partial charge in [-0.05, 0) is 24.3 Å². The lowest BCUT2D eigenvalue weighted by atomic mass is 10.0. The molecule has 1 heterocycles. The number of hydrogen-bond acceptors (Lipinski definition) is 7. The molecule has 0 unspecified atom stereocenters. The van der Waals surface area contributed by atoms with Crippen molar-refractivity contribution >= 4 is 11.9 Å². The molecule has 1 saturated heterocycles. The van der Waals surface area contributed by atoms with Crippen LogP contribution in [-0.2, 0) is 14.2 Å². The fraction of sp³-hybridized carbons (Fsp3) is 0.263. The van der Waals surface area contributed by atoms with Crippen LogP contribution in [0, 0.1) is 0 Å². The maximum absolute atomic E-state index is 12.1. The maximum Gasteiger partial charge on any atom is 0.338 e. The van der Waals surface area contributed by atoms with Crippen LogP contribution < -0.4 is 0 Å². The van der Waals surface area contributed by atoms with Gasteiger partial charge in [0.2, 0.25) is 0 Å². The number of benzene rings is 2. The maximum atomic E-state index is 12.1. The zero-order chi connectivity index (χ0) is 18.5. The lowest BCUT2D eigenvalue weighted by molar-refractivity contribution is -0.251. The molecule has 0 spiro atoms. The van der Waals surface area contributed by atoms with Crippen molar-refractivity contribution < 1.29 is 34.0 Å². The summed E-state index contributed by atoms with van der Waals surface area (Å²) in [5.74, 6) is -1.38. The van der Waals surface area contributed by atoms with Gasteiger partial charge in [0.1, 0.15) is 6.10 Å². The predicted octanol–water partition coefficient (Wildman–Crippen LogP) is 1.15. The summed E-state index contributed by atoms with van der Waals surface area (Å²) < 4.78 is 15.5. The average molecular weight is 358 g/mol. The van der Waals surface area contributed by atoms with Gasteiger partial charge in [0.25, 0.3) is 0 Å². The largest absolute Gasteiger partial charge is 0.453 e. The second kappa shape index (κ2) is 8.09. The molecule has 1 aliphatic heterocycles. The lowest BCUT2D eigenvalue weighted by Crippen LogP contribution is -2.56. The molecule has 0 bridgehead atoms. The van der Waals surface area contributed by atoms with E-state index < -0.39 is 36.5 Å². The Bertz CT molecular complexity index is 747. The van der Waals surface area contributed by atoms with Gasteiger partial charge in [-0.25, -0.2) is 9.59 Å². The highest BCUT2D eigenvalue weighted by atomic mass is 16.7. The standard InChI is InChI=1S/C19H18O7/c20-15-14(25-17(21)12-7-3-1-4-8-12)11-24-19(23)16(15)26-18(22)13-9-5-2-6-10-13/h1-10,14-16,19-20,23H,11H2/t14-,15-,16+,19+/m0/s1. The van der Waals surface area contributed by atoms with Gasteiger partial charge in [-0.15, -0.1) is 0 Å². The summed E-state index contributed by atoms with van der Waals surface area (Å²) in [6.45, 7) is -0.222. The van der Waals surface area contributed by atoms with Gasteiger partial charge in [-0.2, -0.15) is 0 Å². The number of aliphatic hydroxyl groups excluding tert-OH is 2. The number of carbonyl (C=O) groups is 2. The van der Waals surface area contributed by atoms with Crippen molar-refractivity contribution in [1.29, 1.82) is 0 Å². The Kier molecular flexibility index (Phi) is 5.62. The molecule has 0 aliphatic carbocycles. The molecule has 26 heavy (non-hydrogen) atoms. The Hall–Kier alpha value is -2.74. The molecule has 7 heteroatoms. The van der Waals surface area contributed by atoms with Gasteiger partial charge in [-0.3, -0.25) is 0 Å². The zero-order valence-corrected chi connectivity index (χ0v) is 13.7. The van der Waals surface area contributed by atoms with E-state index in [2.05, 4.69) is 0 Å². The van der Waals surface area contributed by atoms with Gasteiger partial charge in [0.15, 0.2) is 18.5 Å². The van der Waals surface area contributed by atoms with Crippen molar-refractivity contribution in [2.45, 2.75) is 24.6 Å². The first-order valence-electron chi connectivity index (χ1n) is 8.06. The molecule has 0 radical (unpaired) electrons. The van der Waals surface area contributed by atoms with E-state index in [-0.39, 0.29) is 12.2 Å². The van der Waals surface area contributed by atoms with Crippen LogP contribution >= 0.6 is 0 Å². The first-order chi connectivity index (χ1) is 12.6. The summed E-state index contributed by atoms with van der Waals surface area (Å²) in [5.41, 5.74) is 0.568. The minimum atomic E-state index is -1.52. The molecule has 0 aromatic heterocycles. The number of carbonyl (C=O) groups excluding carboxylic acids is 2. The summed E-state index contributed by atoms with van der Waals surface area (Å²) in [6, 6.07) is 16.4. The smallest absolute Gasteiger partial charge is 0.338 e. The van der Waals surface area contributed by atoms with Gasteiger partial charge >= 0.3 is 11.9 Å². The molecule has 7 nitrogen and oxygen atoms in total. The molecule has 0 amide bonds. The molecule has 1 fully saturated rings. The van der Waals surface area contributed by atoms with Crippen LogP contribution in [0.25, 0.3) is 0 Å². The second-order valence-electron chi connectivity index (χ2n) is 5.76. The van der Waals surface area contributed by atoms with Crippen LogP contribution in [0.4, 0.5) is 0 Å². The molecule has 2 N–H and O–H groups in total. The first-order valence-corrected chi connectivity index (χ1v) is 8.06. The Morgan fingerprint density at radius 2 is 1.35 bits per heavy atom. The molecule has 1 aliphatic rings. The summed E-state index contributed by atoms with van der Waals surface area (Å²) in [5, 5.41) is 20.3. The Labute approximate surface area is 149 Å². The van der Waals surface area contributed by atoms with Gasteiger partial charge in [0.05, 0.1) is 17.7 Å². The molecule has 136 valence electrons. The molecular formula is C19H18O7. The van der Waals surface area contributed by atoms with Crippen LogP contribution in [-0.4, -0.2) is 53.4 Å². The van der Waals surface area contributed by atoms with Crippen LogP contribution in [0.15, 0.2) is 60.7 Å². The number of rotatable bonds is 4. The van der Waals surface area contributed by atoms with Crippen molar-refractivity contribution in [3.05, 3.63) is 71.8 Å². The SMILES string of the molecule is O=C(O[C@@H]1[C@@H](O)[C@@H](OC(=O)c2ccccc2)CO[C@H]1O)c1ccccc1. The Balaban J connectivity index is 1.67. The highest BCUT2D eigenvalue weighted by Gasteiger charge is 2.43. The quantitative estimate of drug-likeness (QED) is 0.790. The molecule has 3 rings (SSSR count). The third kappa shape index (κ3) is 4.08. The fourth-order valence-electron chi connectivity index (χ4n) is 2.54. The van der Waals surface area contributed by atoms with Crippen LogP contribution in [0.2, 0.25) is 0 Å². The first kappa shape index (κ1) is 18.1. The van der Waals surface area contributed by atoms with E-state index in [1.165, 1.54) is 12.1 Å². The molecule has 2 aromatic rings. The van der Waals surface area contributed by atoms with E-state index in [9.17, 15) is 19.8 Å². The zero-order valence-electron chi connectivity index (χ0n) is 13.7. The third-order valence-electron chi connectivity index (χ3n) is 3.95. The molecule has 2 aromatic carbocycles. The normalized spacial score (nSPS) is 25.3. The second-order valence-corrected chi connectivity index (χ2v) is 5.76. The van der Waals surface area contributed by atoms with Crippen molar-refractivity contribution in [1.82, 2.24) is 0 Å². The number of ether oxygens (including phenoxy) is 3. The fourth-order valence-corrected chi connectivity index (χ4v) is 2.54. The van der Waals surface area contributed by atoms with Gasteiger partial charge in [-0.1, -0.05) is 36.4 Å². The number of esters is 2. The van der Waals surface area contributed by atoms with Gasteiger partial charge in [0, 0.05) is 0 Å². The number of aliphatic hydroxyl groups is 2. The monoisotopic (exact) mass is 358 g/mol. The van der Waals surface area contributed by atoms with Crippen LogP contribution in [0.1, 0.15) is 20.7 Å². The van der Waals surface area contributed by atoms with E-state index in [1.54, 1.807) is 48.5 Å². The van der Waals surface area contributed by atoms with E-state index in [0.717, 1.165) is 0 Å². The van der Waals surface area contributed by atoms with E-state index in [0.29, 0.717) is 5.56 Å². The minimum Gasteiger partial charge on any atom is -0.453 e.